The summed E-state index contributed by atoms with van der Waals surface area (Å²) in [4.78, 5) is 2.06. The van der Waals surface area contributed by atoms with E-state index in [-0.39, 0.29) is 5.41 Å². The highest BCUT2D eigenvalue weighted by atomic mass is 15.2. The van der Waals surface area contributed by atoms with E-state index in [0.717, 1.165) is 34.3 Å². The lowest BCUT2D eigenvalue weighted by atomic mass is 9.50. The Kier molecular flexibility index (Phi) is 15.5. The molecule has 0 heterocycles. The first-order valence-corrected chi connectivity index (χ1v) is 16.7. The zero-order valence-electron chi connectivity index (χ0n) is 30.7. The summed E-state index contributed by atoms with van der Waals surface area (Å²) in [5.74, 6) is 0.833. The van der Waals surface area contributed by atoms with Crippen molar-refractivity contribution in [2.75, 3.05) is 7.05 Å². The number of rotatable bonds is 13. The maximum absolute atomic E-state index is 6.27. The molecule has 1 aromatic carbocycles. The van der Waals surface area contributed by atoms with Crippen molar-refractivity contribution >= 4 is 0 Å². The number of hydrogen-bond donors (Lipinski definition) is 3. The molecule has 4 N–H and O–H groups in total. The molecule has 3 saturated carbocycles. The molecule has 46 heavy (non-hydrogen) atoms. The summed E-state index contributed by atoms with van der Waals surface area (Å²) in [6, 6.07) is 6.81. The predicted molar refractivity (Wildman–Crippen MR) is 203 cm³/mol. The van der Waals surface area contributed by atoms with Gasteiger partial charge in [-0.15, -0.1) is 12.8 Å². The molecular weight excluding hydrogens is 560 g/mol. The van der Waals surface area contributed by atoms with Gasteiger partial charge in [-0.2, -0.15) is 0 Å². The second-order valence-corrected chi connectivity index (χ2v) is 14.1. The van der Waals surface area contributed by atoms with Crippen LogP contribution in [-0.4, -0.2) is 18.0 Å². The van der Waals surface area contributed by atoms with E-state index in [1.165, 1.54) is 60.8 Å². The molecule has 0 spiro atoms. The molecule has 4 nitrogen and oxygen atoms in total. The average molecular weight is 625 g/mol. The summed E-state index contributed by atoms with van der Waals surface area (Å²) in [6.07, 6.45) is 19.1. The minimum Gasteiger partial charge on any atom is -0.397 e. The quantitative estimate of drug-likeness (QED) is 0.116. The molecule has 2 bridgehead atoms. The average Bonchev–Trinajstić information content (AvgIpc) is 3.04. The zero-order valence-corrected chi connectivity index (χ0v) is 30.7. The topological polar surface area (TPSA) is 53.3 Å². The molecule has 0 aliphatic heterocycles. The maximum Gasteiger partial charge on any atom is 0.0642 e. The molecule has 0 radical (unpaired) electrons. The number of terminal acetylenes is 1. The third-order valence-corrected chi connectivity index (χ3v) is 10.1. The summed E-state index contributed by atoms with van der Waals surface area (Å²) in [7, 11) is 2.01. The summed E-state index contributed by atoms with van der Waals surface area (Å²) >= 11 is 0. The number of aryl methyl sites for hydroxylation is 2. The van der Waals surface area contributed by atoms with Gasteiger partial charge in [0.05, 0.1) is 17.1 Å². The van der Waals surface area contributed by atoms with Gasteiger partial charge in [0.15, 0.2) is 0 Å². The third-order valence-electron chi connectivity index (χ3n) is 10.1. The standard InChI is InChI=1S/C36H52N4.C4H10.C2H2/c1-12-33(37)30(9)40(11)34(22-27(6)28(7)38-23-32-14-13-25(4)26(5)21-32)29(8)39-31(10)36-18-15-35(16-19-36,17-20-36)24(2)3;1-4(2)3;1-2/h12-14,21-22,31,38-39H,1-2,6-8,15-20,23,37H2,3-5,9-11H3;4H,1-3H3;1-2H/b33-30+,34-22-;;. The van der Waals surface area contributed by atoms with Gasteiger partial charge in [-0.1, -0.05) is 77.4 Å². The predicted octanol–water partition coefficient (Wildman–Crippen LogP) is 9.98. The molecule has 4 heteroatoms. The maximum atomic E-state index is 6.27. The number of allylic oxidation sites excluding steroid dienone is 4. The van der Waals surface area contributed by atoms with Crippen molar-refractivity contribution in [1.82, 2.24) is 15.5 Å². The molecule has 1 atom stereocenters. The van der Waals surface area contributed by atoms with E-state index in [9.17, 15) is 0 Å². The fraction of sp³-hybridized carbons (Fsp3) is 0.476. The van der Waals surface area contributed by atoms with E-state index in [0.29, 0.717) is 23.7 Å². The van der Waals surface area contributed by atoms with E-state index in [1.807, 2.05) is 20.0 Å². The van der Waals surface area contributed by atoms with Crippen LogP contribution in [0.25, 0.3) is 0 Å². The number of benzene rings is 1. The third kappa shape index (κ3) is 10.3. The number of nitrogens with zero attached hydrogens (tertiary/aromatic N) is 1. The minimum atomic E-state index is 0.281. The molecule has 0 aromatic heterocycles. The van der Waals surface area contributed by atoms with Crippen LogP contribution in [0.1, 0.15) is 96.8 Å². The van der Waals surface area contributed by atoms with Crippen LogP contribution in [-0.2, 0) is 6.54 Å². The van der Waals surface area contributed by atoms with Gasteiger partial charge in [-0.05, 0) is 124 Å². The second kappa shape index (κ2) is 17.7. The summed E-state index contributed by atoms with van der Waals surface area (Å²) in [5.41, 5.74) is 16.9. The first-order chi connectivity index (χ1) is 21.5. The van der Waals surface area contributed by atoms with Crippen LogP contribution in [0.5, 0.6) is 0 Å². The minimum absolute atomic E-state index is 0.281. The summed E-state index contributed by atoms with van der Waals surface area (Å²) in [6.45, 7) is 39.3. The van der Waals surface area contributed by atoms with Gasteiger partial charge in [0.1, 0.15) is 0 Å². The SMILES string of the molecule is C#C.C=C/C(N)=C(/C)N(C)/C(=C\C(=C)C(=C)NCc1ccc(C)c(C)c1)C(=C)NC(C)C12CCC(C(=C)C)(CC1)CC2.CC(C)C. The van der Waals surface area contributed by atoms with Crippen molar-refractivity contribution in [3.63, 3.8) is 0 Å². The highest BCUT2D eigenvalue weighted by Crippen LogP contribution is 2.60. The number of nitrogens with two attached hydrogens (primary N) is 1. The number of nitrogens with one attached hydrogen (secondary N) is 2. The van der Waals surface area contributed by atoms with Crippen molar-refractivity contribution in [3.05, 3.63) is 120 Å². The molecule has 4 rings (SSSR count). The van der Waals surface area contributed by atoms with Crippen LogP contribution in [0.15, 0.2) is 103 Å². The van der Waals surface area contributed by atoms with Gasteiger partial charge in [0.2, 0.25) is 0 Å². The Balaban J connectivity index is 0.00000163. The number of likely N-dealkylation sites (N-methyl/N-ethyl adjacent to an activating group) is 1. The Morgan fingerprint density at radius 3 is 1.91 bits per heavy atom. The fourth-order valence-electron chi connectivity index (χ4n) is 6.39. The molecule has 0 amide bonds. The van der Waals surface area contributed by atoms with E-state index < -0.39 is 0 Å². The molecular formula is C42H64N4. The van der Waals surface area contributed by atoms with E-state index in [1.54, 1.807) is 6.08 Å². The first kappa shape index (κ1) is 40.2. The lowest BCUT2D eigenvalue weighted by Gasteiger charge is -2.56. The van der Waals surface area contributed by atoms with Crippen LogP contribution in [0.2, 0.25) is 0 Å². The highest BCUT2D eigenvalue weighted by Gasteiger charge is 2.51. The van der Waals surface area contributed by atoms with Crippen LogP contribution >= 0.6 is 0 Å². The Morgan fingerprint density at radius 1 is 0.935 bits per heavy atom. The van der Waals surface area contributed by atoms with Crippen LogP contribution < -0.4 is 16.4 Å². The Hall–Kier alpha value is -3.84. The van der Waals surface area contributed by atoms with Gasteiger partial charge < -0.3 is 21.3 Å². The van der Waals surface area contributed by atoms with Crippen LogP contribution in [0.4, 0.5) is 0 Å². The molecule has 3 aliphatic rings. The lowest BCUT2D eigenvalue weighted by Crippen LogP contribution is -2.51. The molecule has 0 saturated heterocycles. The lowest BCUT2D eigenvalue weighted by molar-refractivity contribution is -0.00678. The van der Waals surface area contributed by atoms with Gasteiger partial charge in [-0.25, -0.2) is 0 Å². The Morgan fingerprint density at radius 2 is 1.46 bits per heavy atom. The van der Waals surface area contributed by atoms with Gasteiger partial charge in [0.25, 0.3) is 0 Å². The van der Waals surface area contributed by atoms with Gasteiger partial charge >= 0.3 is 0 Å². The Labute approximate surface area is 283 Å². The first-order valence-electron chi connectivity index (χ1n) is 16.7. The monoisotopic (exact) mass is 625 g/mol. The van der Waals surface area contributed by atoms with E-state index >= 15 is 0 Å². The van der Waals surface area contributed by atoms with Crippen molar-refractivity contribution in [1.29, 1.82) is 0 Å². The van der Waals surface area contributed by atoms with Crippen molar-refractivity contribution < 1.29 is 0 Å². The molecule has 3 fully saturated rings. The zero-order chi connectivity index (χ0) is 35.4. The highest BCUT2D eigenvalue weighted by molar-refractivity contribution is 5.43. The Bertz CT molecular complexity index is 1320. The molecule has 252 valence electrons. The van der Waals surface area contributed by atoms with Crippen molar-refractivity contribution in [2.24, 2.45) is 22.5 Å². The van der Waals surface area contributed by atoms with E-state index in [4.69, 9.17) is 5.73 Å². The van der Waals surface area contributed by atoms with Crippen LogP contribution in [0.3, 0.4) is 0 Å². The van der Waals surface area contributed by atoms with Crippen molar-refractivity contribution in [3.8, 4) is 12.8 Å². The normalized spacial score (nSPS) is 21.3. The molecule has 1 unspecified atom stereocenters. The smallest absolute Gasteiger partial charge is 0.0642 e. The van der Waals surface area contributed by atoms with Gasteiger partial charge in [-0.3, -0.25) is 0 Å². The fourth-order valence-corrected chi connectivity index (χ4v) is 6.39. The molecule has 1 aromatic rings. The molecule has 3 aliphatic carbocycles. The van der Waals surface area contributed by atoms with Gasteiger partial charge in [0, 0.05) is 31.0 Å². The number of hydrogen-bond acceptors (Lipinski definition) is 4. The van der Waals surface area contributed by atoms with Crippen LogP contribution in [0, 0.1) is 43.4 Å². The number of fused-ring (bicyclic) bond motifs is 3. The van der Waals surface area contributed by atoms with Crippen molar-refractivity contribution in [2.45, 2.75) is 107 Å². The second-order valence-electron chi connectivity index (χ2n) is 14.1. The largest absolute Gasteiger partial charge is 0.397 e. The summed E-state index contributed by atoms with van der Waals surface area (Å²) < 4.78 is 0. The summed E-state index contributed by atoms with van der Waals surface area (Å²) in [5, 5.41) is 7.26. The van der Waals surface area contributed by atoms with E-state index in [2.05, 4.69) is 128 Å².